The molecular weight excluding hydrogens is 282 g/mol. The molecule has 3 N–H and O–H groups in total. The molecule has 21 heavy (non-hydrogen) atoms. The van der Waals surface area contributed by atoms with Crippen LogP contribution in [0.25, 0.3) is 11.5 Å². The van der Waals surface area contributed by atoms with Crippen molar-refractivity contribution in [1.82, 2.24) is 10.1 Å². The molecule has 0 spiro atoms. The molecule has 0 aliphatic carbocycles. The van der Waals surface area contributed by atoms with Crippen molar-refractivity contribution in [1.29, 1.82) is 0 Å². The summed E-state index contributed by atoms with van der Waals surface area (Å²) in [6.07, 6.45) is 1.42. The van der Waals surface area contributed by atoms with E-state index in [1.807, 2.05) is 0 Å². The van der Waals surface area contributed by atoms with Gasteiger partial charge in [0.25, 0.3) is 5.91 Å². The monoisotopic (exact) mass is 293 g/mol. The highest BCUT2D eigenvalue weighted by molar-refractivity contribution is 5.96. The standard InChI is InChI=1S/C12H11N3O6/c13-10(16)5-15(6-11(17)18)12(19)7-4-9(21-14-7)8-2-1-3-20-8/h1-4H,5-6H2,(H2,13,16)(H,17,18). The smallest absolute Gasteiger partial charge is 0.323 e. The van der Waals surface area contributed by atoms with Crippen molar-refractivity contribution in [3.63, 3.8) is 0 Å². The van der Waals surface area contributed by atoms with Gasteiger partial charge in [0.1, 0.15) is 13.1 Å². The molecule has 9 heteroatoms. The third-order valence-electron chi connectivity index (χ3n) is 2.45. The number of furan rings is 1. The summed E-state index contributed by atoms with van der Waals surface area (Å²) in [6.45, 7) is -1.21. The third kappa shape index (κ3) is 3.47. The maximum absolute atomic E-state index is 12.1. The molecule has 110 valence electrons. The van der Waals surface area contributed by atoms with Gasteiger partial charge in [0.15, 0.2) is 11.5 Å². The number of amides is 2. The van der Waals surface area contributed by atoms with Crippen LogP contribution >= 0.6 is 0 Å². The molecule has 0 saturated carbocycles. The first-order valence-electron chi connectivity index (χ1n) is 5.77. The van der Waals surface area contributed by atoms with Crippen LogP contribution in [-0.2, 0) is 9.59 Å². The number of hydrogen-bond donors (Lipinski definition) is 2. The van der Waals surface area contributed by atoms with Crippen LogP contribution in [0.1, 0.15) is 10.5 Å². The first-order valence-corrected chi connectivity index (χ1v) is 5.77. The molecule has 0 aliphatic rings. The number of carboxylic acids is 1. The van der Waals surface area contributed by atoms with E-state index in [0.717, 1.165) is 4.90 Å². The van der Waals surface area contributed by atoms with Crippen LogP contribution in [0.5, 0.6) is 0 Å². The van der Waals surface area contributed by atoms with Gasteiger partial charge in [-0.3, -0.25) is 14.4 Å². The SMILES string of the molecule is NC(=O)CN(CC(=O)O)C(=O)c1cc(-c2ccco2)on1. The maximum atomic E-state index is 12.1. The summed E-state index contributed by atoms with van der Waals surface area (Å²) >= 11 is 0. The molecule has 0 bridgehead atoms. The number of carboxylic acid groups (broad SMARTS) is 1. The van der Waals surface area contributed by atoms with Crippen LogP contribution < -0.4 is 5.73 Å². The van der Waals surface area contributed by atoms with Crippen molar-refractivity contribution < 1.29 is 28.4 Å². The minimum Gasteiger partial charge on any atom is -0.480 e. The van der Waals surface area contributed by atoms with E-state index in [1.54, 1.807) is 12.1 Å². The molecule has 2 rings (SSSR count). The van der Waals surface area contributed by atoms with Crippen molar-refractivity contribution in [2.45, 2.75) is 0 Å². The number of rotatable bonds is 6. The second-order valence-electron chi connectivity index (χ2n) is 4.07. The van der Waals surface area contributed by atoms with Gasteiger partial charge >= 0.3 is 5.97 Å². The van der Waals surface area contributed by atoms with Crippen molar-refractivity contribution in [2.24, 2.45) is 5.73 Å². The second kappa shape index (κ2) is 5.90. The van der Waals surface area contributed by atoms with Crippen LogP contribution in [0.15, 0.2) is 33.4 Å². The van der Waals surface area contributed by atoms with E-state index in [0.29, 0.717) is 5.76 Å². The number of aliphatic carboxylic acids is 1. The molecule has 2 heterocycles. The summed E-state index contributed by atoms with van der Waals surface area (Å²) in [7, 11) is 0. The minimum absolute atomic E-state index is 0.149. The van der Waals surface area contributed by atoms with Crippen LogP contribution in [0.4, 0.5) is 0 Å². The van der Waals surface area contributed by atoms with Gasteiger partial charge < -0.3 is 24.7 Å². The average Bonchev–Trinajstić information content (AvgIpc) is 3.06. The van der Waals surface area contributed by atoms with E-state index in [9.17, 15) is 14.4 Å². The highest BCUT2D eigenvalue weighted by Crippen LogP contribution is 2.21. The number of carbonyl (C=O) groups is 3. The average molecular weight is 293 g/mol. The quantitative estimate of drug-likeness (QED) is 0.760. The lowest BCUT2D eigenvalue weighted by atomic mass is 10.3. The van der Waals surface area contributed by atoms with E-state index in [1.165, 1.54) is 12.3 Å². The Morgan fingerprint density at radius 3 is 2.62 bits per heavy atom. The minimum atomic E-state index is -1.28. The fraction of sp³-hybridized carbons (Fsp3) is 0.167. The van der Waals surface area contributed by atoms with Crippen molar-refractivity contribution >= 4 is 17.8 Å². The molecule has 0 aliphatic heterocycles. The molecule has 0 fully saturated rings. The van der Waals surface area contributed by atoms with Gasteiger partial charge in [-0.25, -0.2) is 0 Å². The molecule has 9 nitrogen and oxygen atoms in total. The maximum Gasteiger partial charge on any atom is 0.323 e. The first-order chi connectivity index (χ1) is 9.97. The van der Waals surface area contributed by atoms with Crippen molar-refractivity contribution in [2.75, 3.05) is 13.1 Å². The molecule has 0 unspecified atom stereocenters. The van der Waals surface area contributed by atoms with E-state index >= 15 is 0 Å². The summed E-state index contributed by atoms with van der Waals surface area (Å²) in [5, 5.41) is 12.3. The number of nitrogens with zero attached hydrogens (tertiary/aromatic N) is 2. The lowest BCUT2D eigenvalue weighted by Gasteiger charge is -2.16. The Bertz CT molecular complexity index is 644. The predicted molar refractivity (Wildman–Crippen MR) is 66.9 cm³/mol. The summed E-state index contributed by atoms with van der Waals surface area (Å²) in [4.78, 5) is 34.5. The lowest BCUT2D eigenvalue weighted by molar-refractivity contribution is -0.138. The number of hydrogen-bond acceptors (Lipinski definition) is 6. The second-order valence-corrected chi connectivity index (χ2v) is 4.07. The molecule has 0 atom stereocenters. The number of nitrogens with two attached hydrogens (primary N) is 1. The van der Waals surface area contributed by atoms with Crippen molar-refractivity contribution in [3.8, 4) is 11.5 Å². The predicted octanol–water partition coefficient (Wildman–Crippen LogP) is -0.0533. The van der Waals surface area contributed by atoms with Crippen LogP contribution in [0.2, 0.25) is 0 Å². The summed E-state index contributed by atoms with van der Waals surface area (Å²) in [6, 6.07) is 4.52. The lowest BCUT2D eigenvalue weighted by Crippen LogP contribution is -2.41. The fourth-order valence-corrected chi connectivity index (χ4v) is 1.62. The number of carbonyl (C=O) groups excluding carboxylic acids is 2. The molecule has 2 aromatic heterocycles. The van der Waals surface area contributed by atoms with Gasteiger partial charge in [-0.15, -0.1) is 0 Å². The Labute approximate surface area is 117 Å². The first kappa shape index (κ1) is 14.3. The molecule has 0 radical (unpaired) electrons. The Hall–Kier alpha value is -3.10. The Kier molecular flexibility index (Phi) is 4.02. The normalized spacial score (nSPS) is 10.3. The number of aromatic nitrogens is 1. The largest absolute Gasteiger partial charge is 0.480 e. The molecule has 2 aromatic rings. The van der Waals surface area contributed by atoms with Crippen LogP contribution in [0.3, 0.4) is 0 Å². The Balaban J connectivity index is 2.20. The van der Waals surface area contributed by atoms with Gasteiger partial charge in [-0.2, -0.15) is 0 Å². The Morgan fingerprint density at radius 2 is 2.05 bits per heavy atom. The van der Waals surface area contributed by atoms with E-state index in [-0.39, 0.29) is 11.5 Å². The highest BCUT2D eigenvalue weighted by atomic mass is 16.5. The zero-order valence-corrected chi connectivity index (χ0v) is 10.7. The van der Waals surface area contributed by atoms with E-state index in [4.69, 9.17) is 19.8 Å². The molecule has 2 amide bonds. The highest BCUT2D eigenvalue weighted by Gasteiger charge is 2.24. The summed E-state index contributed by atoms with van der Waals surface area (Å²) in [5.74, 6) is -2.32. The van der Waals surface area contributed by atoms with Gasteiger partial charge in [0.05, 0.1) is 6.26 Å². The van der Waals surface area contributed by atoms with Crippen molar-refractivity contribution in [3.05, 3.63) is 30.2 Å². The third-order valence-corrected chi connectivity index (χ3v) is 2.45. The fourth-order valence-electron chi connectivity index (χ4n) is 1.62. The topological polar surface area (TPSA) is 140 Å². The van der Waals surface area contributed by atoms with Gasteiger partial charge in [-0.05, 0) is 12.1 Å². The van der Waals surface area contributed by atoms with Gasteiger partial charge in [0.2, 0.25) is 11.7 Å². The summed E-state index contributed by atoms with van der Waals surface area (Å²) in [5.41, 5.74) is 4.83. The van der Waals surface area contributed by atoms with E-state index in [2.05, 4.69) is 5.16 Å². The zero-order valence-electron chi connectivity index (χ0n) is 10.7. The van der Waals surface area contributed by atoms with E-state index < -0.39 is 30.9 Å². The zero-order chi connectivity index (χ0) is 15.4. The van der Waals surface area contributed by atoms with Gasteiger partial charge in [0, 0.05) is 6.07 Å². The Morgan fingerprint density at radius 1 is 1.29 bits per heavy atom. The van der Waals surface area contributed by atoms with Crippen LogP contribution in [-0.4, -0.2) is 46.0 Å². The number of primary amides is 1. The van der Waals surface area contributed by atoms with Crippen LogP contribution in [0, 0.1) is 0 Å². The summed E-state index contributed by atoms with van der Waals surface area (Å²) < 4.78 is 10.0. The molecule has 0 saturated heterocycles. The molecule has 0 aromatic carbocycles. The van der Waals surface area contributed by atoms with Gasteiger partial charge in [-0.1, -0.05) is 5.16 Å². The molecular formula is C12H11N3O6.